The van der Waals surface area contributed by atoms with E-state index in [9.17, 15) is 19.7 Å². The highest BCUT2D eigenvalue weighted by atomic mass is 16.6. The van der Waals surface area contributed by atoms with E-state index in [0.717, 1.165) is 55.7 Å². The molecule has 190 valence electrons. The molecule has 0 saturated carbocycles. The number of piperazine rings is 1. The highest BCUT2D eigenvalue weighted by Gasteiger charge is 2.42. The molecular weight excluding hydrogens is 458 g/mol. The third-order valence-electron chi connectivity index (χ3n) is 7.70. The van der Waals surface area contributed by atoms with Gasteiger partial charge in [0.1, 0.15) is 0 Å². The van der Waals surface area contributed by atoms with Gasteiger partial charge in [0, 0.05) is 57.1 Å². The van der Waals surface area contributed by atoms with Crippen LogP contribution in [0.5, 0.6) is 0 Å². The molecular formula is C27H33N5O4. The van der Waals surface area contributed by atoms with Crippen molar-refractivity contribution in [2.75, 3.05) is 50.7 Å². The zero-order valence-electron chi connectivity index (χ0n) is 20.5. The van der Waals surface area contributed by atoms with Crippen molar-refractivity contribution in [3.8, 4) is 0 Å². The normalized spacial score (nSPS) is 21.6. The van der Waals surface area contributed by atoms with Gasteiger partial charge in [-0.05, 0) is 42.9 Å². The standard InChI is InChI=1S/C27H33N5O4/c33-26(30-12-4-5-13-30)19-29-14-15-31-24-9-8-22(32(35)36)16-21(24)17-23(25(31)18-29)27(34)28-11-10-20-6-2-1-3-7-20/h1-3,6-9,16,23,25H,4-5,10-15,17-19H2,(H,28,34). The number of nitrogens with one attached hydrogen (secondary N) is 1. The van der Waals surface area contributed by atoms with Gasteiger partial charge in [0.15, 0.2) is 0 Å². The van der Waals surface area contributed by atoms with Crippen LogP contribution in [0.25, 0.3) is 0 Å². The smallest absolute Gasteiger partial charge is 0.269 e. The first-order chi connectivity index (χ1) is 17.5. The maximum Gasteiger partial charge on any atom is 0.269 e. The van der Waals surface area contributed by atoms with E-state index < -0.39 is 0 Å². The van der Waals surface area contributed by atoms with Crippen molar-refractivity contribution in [2.24, 2.45) is 5.92 Å². The van der Waals surface area contributed by atoms with Gasteiger partial charge in [0.05, 0.1) is 23.4 Å². The number of nitro benzene ring substituents is 1. The van der Waals surface area contributed by atoms with Gasteiger partial charge in [-0.15, -0.1) is 0 Å². The zero-order valence-corrected chi connectivity index (χ0v) is 20.5. The molecule has 0 aromatic heterocycles. The molecule has 36 heavy (non-hydrogen) atoms. The fourth-order valence-electron chi connectivity index (χ4n) is 5.79. The molecule has 2 saturated heterocycles. The summed E-state index contributed by atoms with van der Waals surface area (Å²) in [6, 6.07) is 14.9. The lowest BCUT2D eigenvalue weighted by atomic mass is 9.83. The Hall–Kier alpha value is -3.46. The fourth-order valence-corrected chi connectivity index (χ4v) is 5.79. The molecule has 3 heterocycles. The van der Waals surface area contributed by atoms with Crippen LogP contribution >= 0.6 is 0 Å². The quantitative estimate of drug-likeness (QED) is 0.471. The first kappa shape index (κ1) is 24.2. The van der Waals surface area contributed by atoms with E-state index in [1.807, 2.05) is 41.3 Å². The number of non-ortho nitro benzene ring substituents is 1. The maximum atomic E-state index is 13.4. The van der Waals surface area contributed by atoms with Crippen LogP contribution < -0.4 is 10.2 Å². The summed E-state index contributed by atoms with van der Waals surface area (Å²) < 4.78 is 0. The lowest BCUT2D eigenvalue weighted by molar-refractivity contribution is -0.384. The number of hydrogen-bond donors (Lipinski definition) is 1. The number of amides is 2. The second-order valence-electron chi connectivity index (χ2n) is 9.99. The number of carbonyl (C=O) groups excluding carboxylic acids is 2. The number of hydrogen-bond acceptors (Lipinski definition) is 6. The molecule has 5 rings (SSSR count). The summed E-state index contributed by atoms with van der Waals surface area (Å²) in [6.07, 6.45) is 3.32. The first-order valence-corrected chi connectivity index (χ1v) is 12.9. The van der Waals surface area contributed by atoms with Crippen LogP contribution in [0, 0.1) is 16.0 Å². The highest BCUT2D eigenvalue weighted by molar-refractivity contribution is 5.82. The monoisotopic (exact) mass is 491 g/mol. The second kappa shape index (κ2) is 10.7. The van der Waals surface area contributed by atoms with Gasteiger partial charge in [0.2, 0.25) is 11.8 Å². The number of nitro groups is 1. The van der Waals surface area contributed by atoms with Crippen molar-refractivity contribution in [1.29, 1.82) is 0 Å². The van der Waals surface area contributed by atoms with Crippen molar-refractivity contribution in [2.45, 2.75) is 31.7 Å². The number of likely N-dealkylation sites (tertiary alicyclic amines) is 1. The molecule has 3 aliphatic heterocycles. The Morgan fingerprint density at radius 3 is 2.56 bits per heavy atom. The summed E-state index contributed by atoms with van der Waals surface area (Å²) in [5.74, 6) is -0.220. The minimum absolute atomic E-state index is 0.0363. The Balaban J connectivity index is 1.32. The molecule has 3 aliphatic rings. The third-order valence-corrected chi connectivity index (χ3v) is 7.70. The second-order valence-corrected chi connectivity index (χ2v) is 9.99. The molecule has 2 aromatic carbocycles. The van der Waals surface area contributed by atoms with Crippen molar-refractivity contribution >= 4 is 23.2 Å². The van der Waals surface area contributed by atoms with Gasteiger partial charge < -0.3 is 15.1 Å². The number of nitrogens with zero attached hydrogens (tertiary/aromatic N) is 4. The van der Waals surface area contributed by atoms with Crippen molar-refractivity contribution < 1.29 is 14.5 Å². The molecule has 2 amide bonds. The van der Waals surface area contributed by atoms with Crippen molar-refractivity contribution in [1.82, 2.24) is 15.1 Å². The zero-order chi connectivity index (χ0) is 25.1. The summed E-state index contributed by atoms with van der Waals surface area (Å²) >= 11 is 0. The van der Waals surface area contributed by atoms with E-state index in [1.54, 1.807) is 12.1 Å². The number of rotatable bonds is 7. The minimum atomic E-state index is -0.386. The molecule has 9 nitrogen and oxygen atoms in total. The SMILES string of the molecule is O=C(NCCc1ccccc1)C1Cc2cc([N+](=O)[O-])ccc2N2CCN(CC(=O)N3CCCC3)CC12. The predicted octanol–water partition coefficient (Wildman–Crippen LogP) is 2.24. The molecule has 2 unspecified atom stereocenters. The number of carbonyl (C=O) groups is 2. The Kier molecular flexibility index (Phi) is 7.18. The Morgan fingerprint density at radius 2 is 1.81 bits per heavy atom. The van der Waals surface area contributed by atoms with E-state index in [2.05, 4.69) is 15.1 Å². The Morgan fingerprint density at radius 1 is 1.03 bits per heavy atom. The number of benzene rings is 2. The molecule has 9 heteroatoms. The summed E-state index contributed by atoms with van der Waals surface area (Å²) in [6.45, 7) is 4.59. The largest absolute Gasteiger partial charge is 0.365 e. The highest BCUT2D eigenvalue weighted by Crippen LogP contribution is 2.38. The summed E-state index contributed by atoms with van der Waals surface area (Å²) in [5, 5.41) is 14.5. The minimum Gasteiger partial charge on any atom is -0.365 e. The molecule has 0 radical (unpaired) electrons. The Labute approximate surface area is 211 Å². The fraction of sp³-hybridized carbons (Fsp3) is 0.481. The summed E-state index contributed by atoms with van der Waals surface area (Å²) in [4.78, 5) is 43.6. The van der Waals surface area contributed by atoms with Crippen LogP contribution in [-0.4, -0.2) is 78.4 Å². The number of anilines is 1. The van der Waals surface area contributed by atoms with E-state index >= 15 is 0 Å². The molecule has 2 fully saturated rings. The van der Waals surface area contributed by atoms with Gasteiger partial charge in [-0.1, -0.05) is 30.3 Å². The Bertz CT molecular complexity index is 1120. The third kappa shape index (κ3) is 5.21. The van der Waals surface area contributed by atoms with Crippen LogP contribution in [0.1, 0.15) is 24.0 Å². The van der Waals surface area contributed by atoms with Crippen LogP contribution in [0.3, 0.4) is 0 Å². The van der Waals surface area contributed by atoms with Crippen LogP contribution in [0.4, 0.5) is 11.4 Å². The lowest BCUT2D eigenvalue weighted by Crippen LogP contribution is -2.62. The number of fused-ring (bicyclic) bond motifs is 3. The van der Waals surface area contributed by atoms with E-state index in [0.29, 0.717) is 32.6 Å². The molecule has 2 atom stereocenters. The van der Waals surface area contributed by atoms with E-state index in [1.165, 1.54) is 0 Å². The average molecular weight is 492 g/mol. The van der Waals surface area contributed by atoms with E-state index in [-0.39, 0.29) is 34.4 Å². The van der Waals surface area contributed by atoms with Crippen LogP contribution in [-0.2, 0) is 22.4 Å². The summed E-state index contributed by atoms with van der Waals surface area (Å²) in [7, 11) is 0. The van der Waals surface area contributed by atoms with Crippen LogP contribution in [0.2, 0.25) is 0 Å². The molecule has 0 aliphatic carbocycles. The van der Waals surface area contributed by atoms with Gasteiger partial charge in [-0.25, -0.2) is 0 Å². The molecule has 0 bridgehead atoms. The predicted molar refractivity (Wildman–Crippen MR) is 137 cm³/mol. The molecule has 2 aromatic rings. The van der Waals surface area contributed by atoms with Gasteiger partial charge in [0.25, 0.3) is 5.69 Å². The van der Waals surface area contributed by atoms with Gasteiger partial charge in [-0.3, -0.25) is 24.6 Å². The van der Waals surface area contributed by atoms with Crippen molar-refractivity contribution in [3.63, 3.8) is 0 Å². The summed E-state index contributed by atoms with van der Waals surface area (Å²) in [5.41, 5.74) is 3.01. The topological polar surface area (TPSA) is 99.0 Å². The molecule has 0 spiro atoms. The average Bonchev–Trinajstić information content (AvgIpc) is 3.44. The van der Waals surface area contributed by atoms with Gasteiger partial charge >= 0.3 is 0 Å². The first-order valence-electron chi connectivity index (χ1n) is 12.9. The lowest BCUT2D eigenvalue weighted by Gasteiger charge is -2.49. The molecule has 1 N–H and O–H groups in total. The van der Waals surface area contributed by atoms with Crippen LogP contribution in [0.15, 0.2) is 48.5 Å². The maximum absolute atomic E-state index is 13.4. The van der Waals surface area contributed by atoms with E-state index in [4.69, 9.17) is 0 Å². The van der Waals surface area contributed by atoms with Crippen molar-refractivity contribution in [3.05, 3.63) is 69.8 Å². The van der Waals surface area contributed by atoms with Gasteiger partial charge in [-0.2, -0.15) is 0 Å².